The molecule has 0 aliphatic carbocycles. The van der Waals surface area contributed by atoms with E-state index in [0.29, 0.717) is 13.2 Å². The Labute approximate surface area is 143 Å². The van der Waals surface area contributed by atoms with Crippen LogP contribution in [0, 0.1) is 0 Å². The van der Waals surface area contributed by atoms with Crippen LogP contribution in [0.4, 0.5) is 0 Å². The molecule has 1 rings (SSSR count). The van der Waals surface area contributed by atoms with E-state index in [1.165, 1.54) is 0 Å². The zero-order chi connectivity index (χ0) is 17.7. The Morgan fingerprint density at radius 2 is 1.61 bits per heavy atom. The standard InChI is InChI=1S/C17H32O4Si2/c1-9-19-17(13-20-22(3,4)5)14-10-11-15(16(12-14)18-2)21-23(6,7)8/h10-12,17H,9,13H2,1-8H3. The fraction of sp³-hybridized carbons (Fsp3) is 0.647. The molecular weight excluding hydrogens is 324 g/mol. The van der Waals surface area contributed by atoms with E-state index in [4.69, 9.17) is 18.3 Å². The van der Waals surface area contributed by atoms with Crippen molar-refractivity contribution in [1.29, 1.82) is 0 Å². The molecular formula is C17H32O4Si2. The quantitative estimate of drug-likeness (QED) is 0.593. The van der Waals surface area contributed by atoms with E-state index in [0.717, 1.165) is 17.1 Å². The summed E-state index contributed by atoms with van der Waals surface area (Å²) in [6.07, 6.45) is -0.0819. The predicted octanol–water partition coefficient (Wildman–Crippen LogP) is 4.84. The Morgan fingerprint density at radius 3 is 2.09 bits per heavy atom. The largest absolute Gasteiger partial charge is 0.542 e. The lowest BCUT2D eigenvalue weighted by Crippen LogP contribution is -2.29. The molecule has 0 saturated heterocycles. The third-order valence-electron chi connectivity index (χ3n) is 3.01. The van der Waals surface area contributed by atoms with E-state index in [1.807, 2.05) is 25.1 Å². The first-order chi connectivity index (χ1) is 10.6. The van der Waals surface area contributed by atoms with Crippen LogP contribution in [0.2, 0.25) is 39.3 Å². The van der Waals surface area contributed by atoms with Crippen molar-refractivity contribution in [2.24, 2.45) is 0 Å². The maximum Gasteiger partial charge on any atom is 0.242 e. The first-order valence-corrected chi connectivity index (χ1v) is 15.0. The molecule has 0 radical (unpaired) electrons. The summed E-state index contributed by atoms with van der Waals surface area (Å²) in [5.41, 5.74) is 1.06. The Morgan fingerprint density at radius 1 is 0.957 bits per heavy atom. The third kappa shape index (κ3) is 7.52. The first-order valence-electron chi connectivity index (χ1n) is 8.18. The zero-order valence-corrected chi connectivity index (χ0v) is 17.9. The van der Waals surface area contributed by atoms with Gasteiger partial charge in [0.05, 0.1) is 13.7 Å². The van der Waals surface area contributed by atoms with Gasteiger partial charge in [-0.2, -0.15) is 0 Å². The number of methoxy groups -OCH3 is 1. The number of hydrogen-bond donors (Lipinski definition) is 0. The van der Waals surface area contributed by atoms with Gasteiger partial charge in [0.2, 0.25) is 8.32 Å². The maximum absolute atomic E-state index is 6.08. The average Bonchev–Trinajstić information content (AvgIpc) is 2.41. The molecule has 4 nitrogen and oxygen atoms in total. The maximum atomic E-state index is 6.08. The highest BCUT2D eigenvalue weighted by Gasteiger charge is 2.22. The van der Waals surface area contributed by atoms with Crippen molar-refractivity contribution in [2.45, 2.75) is 52.3 Å². The number of ether oxygens (including phenoxy) is 2. The van der Waals surface area contributed by atoms with E-state index in [-0.39, 0.29) is 6.10 Å². The second-order valence-corrected chi connectivity index (χ2v) is 16.4. The molecule has 0 saturated carbocycles. The molecule has 0 amide bonds. The highest BCUT2D eigenvalue weighted by Crippen LogP contribution is 2.33. The van der Waals surface area contributed by atoms with Gasteiger partial charge in [0.1, 0.15) is 11.9 Å². The third-order valence-corrected chi connectivity index (χ3v) is 4.88. The molecule has 1 atom stereocenters. The minimum absolute atomic E-state index is 0.0819. The number of rotatable bonds is 9. The van der Waals surface area contributed by atoms with Crippen molar-refractivity contribution in [2.75, 3.05) is 20.3 Å². The highest BCUT2D eigenvalue weighted by atomic mass is 28.4. The van der Waals surface area contributed by atoms with Crippen LogP contribution in [0.25, 0.3) is 0 Å². The van der Waals surface area contributed by atoms with Gasteiger partial charge in [-0.1, -0.05) is 6.07 Å². The summed E-state index contributed by atoms with van der Waals surface area (Å²) in [5.74, 6) is 1.56. The minimum Gasteiger partial charge on any atom is -0.542 e. The molecule has 23 heavy (non-hydrogen) atoms. The zero-order valence-electron chi connectivity index (χ0n) is 15.9. The molecule has 132 valence electrons. The van der Waals surface area contributed by atoms with E-state index in [1.54, 1.807) is 7.11 Å². The Kier molecular flexibility index (Phi) is 7.32. The Hall–Kier alpha value is -0.826. The van der Waals surface area contributed by atoms with Crippen LogP contribution < -0.4 is 9.16 Å². The van der Waals surface area contributed by atoms with Crippen molar-refractivity contribution < 1.29 is 18.3 Å². The SMILES string of the molecule is CCOC(CO[Si](C)(C)C)c1ccc(O[Si](C)(C)C)c(OC)c1. The summed E-state index contributed by atoms with van der Waals surface area (Å²) >= 11 is 0. The molecule has 0 aliphatic heterocycles. The molecule has 0 spiro atoms. The van der Waals surface area contributed by atoms with Crippen molar-refractivity contribution in [3.63, 3.8) is 0 Å². The molecule has 0 bridgehead atoms. The minimum atomic E-state index is -1.68. The van der Waals surface area contributed by atoms with E-state index < -0.39 is 16.6 Å². The lowest BCUT2D eigenvalue weighted by molar-refractivity contribution is 0.0243. The first kappa shape index (κ1) is 20.2. The molecule has 0 aliphatic rings. The number of benzene rings is 1. The fourth-order valence-electron chi connectivity index (χ4n) is 2.07. The number of hydrogen-bond acceptors (Lipinski definition) is 4. The van der Waals surface area contributed by atoms with Crippen LogP contribution in [0.3, 0.4) is 0 Å². The van der Waals surface area contributed by atoms with Crippen LogP contribution >= 0.6 is 0 Å². The molecule has 0 aromatic heterocycles. The van der Waals surface area contributed by atoms with Crippen molar-refractivity contribution in [3.8, 4) is 11.5 Å². The topological polar surface area (TPSA) is 36.9 Å². The molecule has 1 aromatic carbocycles. The van der Waals surface area contributed by atoms with Crippen LogP contribution in [-0.4, -0.2) is 37.0 Å². The summed E-state index contributed by atoms with van der Waals surface area (Å²) in [5, 5.41) is 0. The average molecular weight is 357 g/mol. The summed E-state index contributed by atoms with van der Waals surface area (Å²) in [7, 11) is -1.58. The summed E-state index contributed by atoms with van der Waals surface area (Å²) in [6, 6.07) is 6.03. The van der Waals surface area contributed by atoms with Crippen LogP contribution in [0.15, 0.2) is 18.2 Å². The van der Waals surface area contributed by atoms with Gasteiger partial charge in [0.15, 0.2) is 14.1 Å². The van der Waals surface area contributed by atoms with E-state index >= 15 is 0 Å². The summed E-state index contributed by atoms with van der Waals surface area (Å²) in [4.78, 5) is 0. The monoisotopic (exact) mass is 356 g/mol. The molecule has 0 heterocycles. The molecule has 1 aromatic rings. The van der Waals surface area contributed by atoms with Gasteiger partial charge in [-0.25, -0.2) is 0 Å². The summed E-state index contributed by atoms with van der Waals surface area (Å²) in [6.45, 7) is 16.2. The van der Waals surface area contributed by atoms with Gasteiger partial charge in [-0.3, -0.25) is 0 Å². The van der Waals surface area contributed by atoms with Gasteiger partial charge in [0, 0.05) is 6.61 Å². The van der Waals surface area contributed by atoms with Crippen LogP contribution in [0.5, 0.6) is 11.5 Å². The van der Waals surface area contributed by atoms with E-state index in [9.17, 15) is 0 Å². The van der Waals surface area contributed by atoms with Gasteiger partial charge in [-0.15, -0.1) is 0 Å². The van der Waals surface area contributed by atoms with Crippen LogP contribution in [-0.2, 0) is 9.16 Å². The van der Waals surface area contributed by atoms with E-state index in [2.05, 4.69) is 39.3 Å². The van der Waals surface area contributed by atoms with Gasteiger partial charge in [-0.05, 0) is 63.9 Å². The molecule has 1 unspecified atom stereocenters. The van der Waals surface area contributed by atoms with Crippen molar-refractivity contribution in [3.05, 3.63) is 23.8 Å². The fourth-order valence-corrected chi connectivity index (χ4v) is 3.55. The Bertz CT molecular complexity index is 492. The lowest BCUT2D eigenvalue weighted by Gasteiger charge is -2.25. The highest BCUT2D eigenvalue weighted by molar-refractivity contribution is 6.70. The molecule has 0 fully saturated rings. The van der Waals surface area contributed by atoms with Crippen molar-refractivity contribution >= 4 is 16.6 Å². The van der Waals surface area contributed by atoms with Gasteiger partial charge >= 0.3 is 0 Å². The second kappa shape index (κ2) is 8.32. The van der Waals surface area contributed by atoms with Gasteiger partial charge < -0.3 is 18.3 Å². The van der Waals surface area contributed by atoms with Crippen LogP contribution in [0.1, 0.15) is 18.6 Å². The Balaban J connectivity index is 2.99. The van der Waals surface area contributed by atoms with Gasteiger partial charge in [0.25, 0.3) is 0 Å². The predicted molar refractivity (Wildman–Crippen MR) is 101 cm³/mol. The molecule has 0 N–H and O–H groups in total. The van der Waals surface area contributed by atoms with Crippen molar-refractivity contribution in [1.82, 2.24) is 0 Å². The smallest absolute Gasteiger partial charge is 0.242 e. The molecule has 6 heteroatoms. The summed E-state index contributed by atoms with van der Waals surface area (Å²) < 4.78 is 23.5. The second-order valence-electron chi connectivity index (χ2n) is 7.49. The lowest BCUT2D eigenvalue weighted by atomic mass is 10.1. The normalized spacial score (nSPS) is 13.7.